The Kier molecular flexibility index (Phi) is 7.87. The van der Waals surface area contributed by atoms with Crippen molar-refractivity contribution in [3.05, 3.63) is 83.4 Å². The van der Waals surface area contributed by atoms with E-state index in [1.165, 1.54) is 4.90 Å². The summed E-state index contributed by atoms with van der Waals surface area (Å²) in [6.07, 6.45) is 0. The summed E-state index contributed by atoms with van der Waals surface area (Å²) in [4.78, 5) is 46.1. The van der Waals surface area contributed by atoms with Crippen LogP contribution in [0, 0.1) is 0 Å². The Bertz CT molecular complexity index is 1400. The summed E-state index contributed by atoms with van der Waals surface area (Å²) < 4.78 is 5.09. The summed E-state index contributed by atoms with van der Waals surface area (Å²) in [6.45, 7) is 2.25. The molecular formula is C29H31N5O4. The van der Waals surface area contributed by atoms with Crippen molar-refractivity contribution in [2.75, 3.05) is 50.2 Å². The minimum atomic E-state index is -0.700. The van der Waals surface area contributed by atoms with E-state index < -0.39 is 11.9 Å². The molecule has 9 nitrogen and oxygen atoms in total. The van der Waals surface area contributed by atoms with E-state index >= 15 is 0 Å². The lowest BCUT2D eigenvalue weighted by Crippen LogP contribution is -2.35. The lowest BCUT2D eigenvalue weighted by Gasteiger charge is -2.21. The first kappa shape index (κ1) is 26.6. The van der Waals surface area contributed by atoms with Gasteiger partial charge in [-0.05, 0) is 62.5 Å². The molecule has 1 heterocycles. The Hall–Kier alpha value is -4.50. The number of amides is 2. The third-order valence-electron chi connectivity index (χ3n) is 6.19. The highest BCUT2D eigenvalue weighted by Crippen LogP contribution is 2.37. The number of hydrogen-bond acceptors (Lipinski definition) is 7. The summed E-state index contributed by atoms with van der Waals surface area (Å²) in [5, 5.41) is 2.88. The first-order valence-corrected chi connectivity index (χ1v) is 12.3. The number of nitrogen functional groups attached to an aromatic ring is 1. The fraction of sp³-hybridized carbons (Fsp3) is 0.241. The van der Waals surface area contributed by atoms with Gasteiger partial charge in [-0.15, -0.1) is 0 Å². The molecule has 0 bridgehead atoms. The highest BCUT2D eigenvalue weighted by Gasteiger charge is 2.36. The van der Waals surface area contributed by atoms with Gasteiger partial charge in [-0.2, -0.15) is 0 Å². The van der Waals surface area contributed by atoms with Crippen molar-refractivity contribution in [1.82, 2.24) is 4.90 Å². The predicted molar refractivity (Wildman–Crippen MR) is 149 cm³/mol. The number of aliphatic imine (C=N–C) groups is 1. The average Bonchev–Trinajstić information content (AvgIpc) is 3.21. The van der Waals surface area contributed by atoms with Gasteiger partial charge in [0.2, 0.25) is 11.8 Å². The van der Waals surface area contributed by atoms with Crippen molar-refractivity contribution < 1.29 is 19.1 Å². The Balaban J connectivity index is 1.74. The van der Waals surface area contributed by atoms with Crippen molar-refractivity contribution in [2.24, 2.45) is 4.99 Å². The van der Waals surface area contributed by atoms with Crippen LogP contribution in [0.25, 0.3) is 0 Å². The molecular weight excluding hydrogens is 482 g/mol. The number of benzene rings is 3. The normalized spacial score (nSPS) is 14.7. The zero-order valence-electron chi connectivity index (χ0n) is 21.9. The van der Waals surface area contributed by atoms with Gasteiger partial charge < -0.3 is 25.6 Å². The van der Waals surface area contributed by atoms with Gasteiger partial charge in [-0.25, -0.2) is 4.79 Å². The second kappa shape index (κ2) is 11.3. The van der Waals surface area contributed by atoms with Crippen molar-refractivity contribution in [3.63, 3.8) is 0 Å². The van der Waals surface area contributed by atoms with Crippen LogP contribution in [0.2, 0.25) is 0 Å². The fourth-order valence-corrected chi connectivity index (χ4v) is 4.35. The number of nitrogens with two attached hydrogens (primary N) is 1. The van der Waals surface area contributed by atoms with E-state index in [0.717, 1.165) is 5.56 Å². The number of ether oxygens (including phenoxy) is 1. The topological polar surface area (TPSA) is 117 Å². The van der Waals surface area contributed by atoms with Crippen molar-refractivity contribution >= 4 is 46.2 Å². The maximum Gasteiger partial charge on any atom is 0.338 e. The molecule has 0 radical (unpaired) electrons. The first-order chi connectivity index (χ1) is 18.2. The van der Waals surface area contributed by atoms with Crippen LogP contribution < -0.4 is 16.0 Å². The van der Waals surface area contributed by atoms with Crippen LogP contribution in [0.4, 0.5) is 22.7 Å². The quantitative estimate of drug-likeness (QED) is 0.269. The molecule has 1 unspecified atom stereocenters. The Morgan fingerprint density at radius 1 is 1.00 bits per heavy atom. The van der Waals surface area contributed by atoms with E-state index in [2.05, 4.69) is 5.32 Å². The molecule has 0 saturated heterocycles. The monoisotopic (exact) mass is 513 g/mol. The van der Waals surface area contributed by atoms with Gasteiger partial charge in [0.25, 0.3) is 0 Å². The van der Waals surface area contributed by atoms with Crippen LogP contribution in [0.15, 0.2) is 71.7 Å². The molecule has 0 spiro atoms. The molecule has 0 aliphatic carbocycles. The molecule has 0 saturated carbocycles. The average molecular weight is 514 g/mol. The summed E-state index contributed by atoms with van der Waals surface area (Å²) in [5.41, 5.74) is 10.8. The number of fused-ring (bicyclic) bond motifs is 1. The molecule has 3 N–H and O–H groups in total. The molecule has 4 rings (SSSR count). The summed E-state index contributed by atoms with van der Waals surface area (Å²) in [5.74, 6) is -1.49. The molecule has 38 heavy (non-hydrogen) atoms. The zero-order chi connectivity index (χ0) is 27.4. The van der Waals surface area contributed by atoms with Gasteiger partial charge in [0, 0.05) is 12.7 Å². The Labute approximate surface area is 221 Å². The minimum absolute atomic E-state index is 0.0932. The number of likely N-dealkylation sites (N-methyl/N-ethyl adjacent to an activating group) is 2. The maximum absolute atomic E-state index is 13.2. The van der Waals surface area contributed by atoms with Gasteiger partial charge in [0.15, 0.2) is 0 Å². The smallest absolute Gasteiger partial charge is 0.338 e. The number of hydrogen-bond donors (Lipinski definition) is 2. The lowest BCUT2D eigenvalue weighted by molar-refractivity contribution is -0.119. The zero-order valence-corrected chi connectivity index (χ0v) is 21.9. The largest absolute Gasteiger partial charge is 0.462 e. The number of rotatable bonds is 8. The van der Waals surface area contributed by atoms with E-state index in [1.807, 2.05) is 44.4 Å². The molecule has 1 aliphatic heterocycles. The van der Waals surface area contributed by atoms with Gasteiger partial charge in [0.1, 0.15) is 5.92 Å². The number of carbonyl (C=O) groups excluding carboxylic acids is 3. The Morgan fingerprint density at radius 3 is 2.39 bits per heavy atom. The van der Waals surface area contributed by atoms with E-state index in [-0.39, 0.29) is 25.0 Å². The van der Waals surface area contributed by atoms with Gasteiger partial charge in [-0.1, -0.05) is 36.4 Å². The van der Waals surface area contributed by atoms with Crippen molar-refractivity contribution in [2.45, 2.75) is 12.8 Å². The van der Waals surface area contributed by atoms with Crippen LogP contribution >= 0.6 is 0 Å². The van der Waals surface area contributed by atoms with Crippen LogP contribution in [0.3, 0.4) is 0 Å². The number of carbonyl (C=O) groups is 3. The second-order valence-electron chi connectivity index (χ2n) is 9.24. The van der Waals surface area contributed by atoms with Crippen LogP contribution in [-0.4, -0.2) is 62.7 Å². The molecule has 2 amide bonds. The Morgan fingerprint density at radius 2 is 1.74 bits per heavy atom. The maximum atomic E-state index is 13.2. The van der Waals surface area contributed by atoms with Crippen molar-refractivity contribution in [3.8, 4) is 0 Å². The highest BCUT2D eigenvalue weighted by atomic mass is 16.5. The summed E-state index contributed by atoms with van der Waals surface area (Å²) >= 11 is 0. The van der Waals surface area contributed by atoms with Crippen LogP contribution in [0.5, 0.6) is 0 Å². The standard InChI is InChI=1S/C29H31N5O4/c1-5-38-29(37)19-11-13-21-23(15-19)32-28(36)26(21)27(18-9-7-6-8-10-18)31-20-12-14-24(22(30)16-20)34(4)25(35)17-33(2)3/h6-16,26H,5,17,30H2,1-4H3,(H,32,36). The third-order valence-corrected chi connectivity index (χ3v) is 6.19. The molecule has 196 valence electrons. The minimum Gasteiger partial charge on any atom is -0.462 e. The molecule has 3 aromatic carbocycles. The van der Waals surface area contributed by atoms with Gasteiger partial charge in [-0.3, -0.25) is 14.6 Å². The van der Waals surface area contributed by atoms with E-state index in [4.69, 9.17) is 15.5 Å². The first-order valence-electron chi connectivity index (χ1n) is 12.3. The molecule has 9 heteroatoms. The SMILES string of the molecule is CCOC(=O)c1ccc2c(c1)NC(=O)C2C(=Nc1ccc(N(C)C(=O)CN(C)C)c(N)c1)c1ccccc1. The van der Waals surface area contributed by atoms with Crippen LogP contribution in [0.1, 0.15) is 34.3 Å². The van der Waals surface area contributed by atoms with Crippen LogP contribution in [-0.2, 0) is 14.3 Å². The van der Waals surface area contributed by atoms with Gasteiger partial charge >= 0.3 is 5.97 Å². The predicted octanol–water partition coefficient (Wildman–Crippen LogP) is 3.83. The number of anilines is 3. The summed E-state index contributed by atoms with van der Waals surface area (Å²) in [7, 11) is 5.33. The molecule has 3 aromatic rings. The van der Waals surface area contributed by atoms with Gasteiger partial charge in [0.05, 0.1) is 41.5 Å². The summed E-state index contributed by atoms with van der Waals surface area (Å²) in [6, 6.07) is 19.7. The van der Waals surface area contributed by atoms with E-state index in [1.54, 1.807) is 55.3 Å². The van der Waals surface area contributed by atoms with E-state index in [9.17, 15) is 14.4 Å². The van der Waals surface area contributed by atoms with E-state index in [0.29, 0.717) is 39.6 Å². The van der Waals surface area contributed by atoms with Crippen molar-refractivity contribution in [1.29, 1.82) is 0 Å². The number of nitrogens with zero attached hydrogens (tertiary/aromatic N) is 3. The lowest BCUT2D eigenvalue weighted by atomic mass is 9.90. The molecule has 0 aromatic heterocycles. The third kappa shape index (κ3) is 5.57. The molecule has 1 atom stereocenters. The molecule has 0 fully saturated rings. The number of esters is 1. The fourth-order valence-electron chi connectivity index (χ4n) is 4.35. The molecule has 1 aliphatic rings. The second-order valence-corrected chi connectivity index (χ2v) is 9.24. The number of nitrogens with one attached hydrogen (secondary N) is 1. The highest BCUT2D eigenvalue weighted by molar-refractivity contribution is 6.24.